The first-order chi connectivity index (χ1) is 19.1. The van der Waals surface area contributed by atoms with Crippen molar-refractivity contribution in [1.82, 2.24) is 0 Å². The molecule has 0 saturated heterocycles. The number of hydrogen-bond donors (Lipinski definition) is 0. The number of carbonyl (C=O) groups is 2. The van der Waals surface area contributed by atoms with E-state index in [1.54, 1.807) is 24.3 Å². The number of rotatable bonds is 13. The van der Waals surface area contributed by atoms with Crippen molar-refractivity contribution in [2.45, 2.75) is 23.3 Å². The van der Waals surface area contributed by atoms with Crippen LogP contribution >= 0.6 is 0 Å². The number of non-ortho nitro benzene ring substituents is 1. The van der Waals surface area contributed by atoms with Gasteiger partial charge in [-0.2, -0.15) is 8.42 Å². The van der Waals surface area contributed by atoms with Gasteiger partial charge in [-0.3, -0.25) is 14.3 Å². The van der Waals surface area contributed by atoms with Gasteiger partial charge < -0.3 is 14.3 Å². The molecule has 0 spiro atoms. The average molecular weight is 575 g/mol. The fraction of sp³-hybridized carbons (Fsp3) is 0.192. The number of hydrogen-bond acceptors (Lipinski definition) is 11. The molecule has 0 fully saturated rings. The minimum atomic E-state index is -4.76. The molecule has 0 heterocycles. The topological polar surface area (TPSA) is 161 Å². The van der Waals surface area contributed by atoms with E-state index in [4.69, 9.17) is 13.7 Å². The average Bonchev–Trinajstić information content (AvgIpc) is 2.97. The number of oxime groups is 1. The molecule has 3 rings (SSSR count). The van der Waals surface area contributed by atoms with Crippen molar-refractivity contribution in [3.8, 4) is 0 Å². The standard InChI is InChI=1S/C26H23FN2O10S/c1-36-28-16-22(27)24(38-26(31)19-10-6-3-7-11-19)23(17-37-25(30)18-8-4-2-5-9-18)39-40(34,35)21-14-12-20(13-15-21)29(32)33/h2-16,22-24H,17H2,1H3/t22-,23-,24-/m0/s1. The molecule has 40 heavy (non-hydrogen) atoms. The molecule has 12 nitrogen and oxygen atoms in total. The molecule has 3 atom stereocenters. The molecular weight excluding hydrogens is 551 g/mol. The van der Waals surface area contributed by atoms with E-state index in [0.717, 1.165) is 31.4 Å². The van der Waals surface area contributed by atoms with Crippen molar-refractivity contribution in [2.75, 3.05) is 13.7 Å². The lowest BCUT2D eigenvalue weighted by molar-refractivity contribution is -0.384. The molecule has 0 amide bonds. The molecule has 0 radical (unpaired) electrons. The molecule has 0 unspecified atom stereocenters. The van der Waals surface area contributed by atoms with Crippen molar-refractivity contribution < 1.29 is 45.8 Å². The summed E-state index contributed by atoms with van der Waals surface area (Å²) in [7, 11) is -3.63. The zero-order chi connectivity index (χ0) is 29.1. The number of alkyl halides is 1. The first kappa shape index (κ1) is 29.9. The summed E-state index contributed by atoms with van der Waals surface area (Å²) in [6, 6.07) is 18.8. The number of ether oxygens (including phenoxy) is 2. The van der Waals surface area contributed by atoms with E-state index >= 15 is 4.39 Å². The third kappa shape index (κ3) is 8.15. The lowest BCUT2D eigenvalue weighted by atomic mass is 10.1. The van der Waals surface area contributed by atoms with Crippen LogP contribution in [0.25, 0.3) is 0 Å². The van der Waals surface area contributed by atoms with Crippen LogP contribution in [0.15, 0.2) is 95.0 Å². The summed E-state index contributed by atoms with van der Waals surface area (Å²) < 4.78 is 57.2. The molecule has 0 aliphatic rings. The van der Waals surface area contributed by atoms with Crippen LogP contribution in [-0.4, -0.2) is 63.6 Å². The third-order valence-electron chi connectivity index (χ3n) is 5.22. The van der Waals surface area contributed by atoms with E-state index in [9.17, 15) is 28.1 Å². The van der Waals surface area contributed by atoms with Crippen LogP contribution in [0.5, 0.6) is 0 Å². The fourth-order valence-electron chi connectivity index (χ4n) is 3.26. The smallest absolute Gasteiger partial charge is 0.338 e. The number of nitro groups is 1. The zero-order valence-electron chi connectivity index (χ0n) is 20.9. The first-order valence-electron chi connectivity index (χ1n) is 11.5. The normalized spacial score (nSPS) is 13.7. The molecule has 14 heteroatoms. The highest BCUT2D eigenvalue weighted by Crippen LogP contribution is 2.23. The van der Waals surface area contributed by atoms with E-state index < -0.39 is 56.9 Å². The summed E-state index contributed by atoms with van der Waals surface area (Å²) in [5.41, 5.74) is -0.266. The number of nitrogens with zero attached hydrogens (tertiary/aromatic N) is 2. The van der Waals surface area contributed by atoms with Gasteiger partial charge in [0.15, 0.2) is 18.4 Å². The molecule has 0 aromatic heterocycles. The minimum Gasteiger partial charge on any atom is -0.459 e. The van der Waals surface area contributed by atoms with Crippen LogP contribution in [0.4, 0.5) is 10.1 Å². The fourth-order valence-corrected chi connectivity index (χ4v) is 4.33. The molecular formula is C26H23FN2O10S. The Bertz CT molecular complexity index is 1440. The van der Waals surface area contributed by atoms with E-state index in [2.05, 4.69) is 9.99 Å². The molecule has 0 aliphatic heterocycles. The molecule has 3 aromatic carbocycles. The van der Waals surface area contributed by atoms with E-state index in [1.807, 2.05) is 0 Å². The van der Waals surface area contributed by atoms with Gasteiger partial charge in [-0.15, -0.1) is 0 Å². The number of halogens is 1. The maximum Gasteiger partial charge on any atom is 0.338 e. The number of esters is 2. The van der Waals surface area contributed by atoms with Crippen molar-refractivity contribution in [2.24, 2.45) is 5.16 Å². The van der Waals surface area contributed by atoms with Crippen molar-refractivity contribution in [1.29, 1.82) is 0 Å². The van der Waals surface area contributed by atoms with Crippen LogP contribution < -0.4 is 0 Å². The Morgan fingerprint density at radius 2 is 1.50 bits per heavy atom. The zero-order valence-corrected chi connectivity index (χ0v) is 21.7. The quantitative estimate of drug-likeness (QED) is 0.0967. The SMILES string of the molecule is CON=C[C@H](F)[C@H](OC(=O)c1ccccc1)[C@H](COC(=O)c1ccccc1)OS(=O)(=O)c1ccc([N+](=O)[O-])cc1. The second-order valence-corrected chi connectivity index (χ2v) is 9.49. The van der Waals surface area contributed by atoms with E-state index in [-0.39, 0.29) is 16.8 Å². The Kier molecular flexibility index (Phi) is 10.4. The minimum absolute atomic E-state index is 0.0154. The summed E-state index contributed by atoms with van der Waals surface area (Å²) >= 11 is 0. The Morgan fingerprint density at radius 3 is 2.02 bits per heavy atom. The van der Waals surface area contributed by atoms with Crippen molar-refractivity contribution >= 4 is 34.0 Å². The predicted molar refractivity (Wildman–Crippen MR) is 138 cm³/mol. The van der Waals surface area contributed by atoms with Crippen LogP contribution in [0.1, 0.15) is 20.7 Å². The largest absolute Gasteiger partial charge is 0.459 e. The summed E-state index contributed by atoms with van der Waals surface area (Å²) in [4.78, 5) is 39.5. The molecule has 0 bridgehead atoms. The maximum absolute atomic E-state index is 15.4. The van der Waals surface area contributed by atoms with E-state index in [0.29, 0.717) is 6.21 Å². The number of nitro benzene ring substituents is 1. The lowest BCUT2D eigenvalue weighted by Crippen LogP contribution is -2.45. The molecule has 0 saturated carbocycles. The second kappa shape index (κ2) is 13.9. The van der Waals surface area contributed by atoms with Gasteiger partial charge in [0.05, 0.1) is 27.2 Å². The number of carbonyl (C=O) groups excluding carboxylic acids is 2. The monoisotopic (exact) mass is 574 g/mol. The highest BCUT2D eigenvalue weighted by atomic mass is 32.2. The van der Waals surface area contributed by atoms with Gasteiger partial charge in [0.1, 0.15) is 13.7 Å². The Balaban J connectivity index is 1.96. The second-order valence-electron chi connectivity index (χ2n) is 7.92. The Hall–Kier alpha value is -4.69. The molecule has 0 aliphatic carbocycles. The Morgan fingerprint density at radius 1 is 0.950 bits per heavy atom. The predicted octanol–water partition coefficient (Wildman–Crippen LogP) is 3.72. The van der Waals surface area contributed by atoms with Crippen LogP contribution in [0.3, 0.4) is 0 Å². The van der Waals surface area contributed by atoms with Gasteiger partial charge in [-0.05, 0) is 36.4 Å². The summed E-state index contributed by atoms with van der Waals surface area (Å²) in [6.07, 6.45) is -5.63. The van der Waals surface area contributed by atoms with Gasteiger partial charge in [0, 0.05) is 12.1 Å². The highest BCUT2D eigenvalue weighted by molar-refractivity contribution is 7.86. The van der Waals surface area contributed by atoms with Crippen molar-refractivity contribution in [3.05, 3.63) is 106 Å². The van der Waals surface area contributed by atoms with Crippen LogP contribution in [0.2, 0.25) is 0 Å². The van der Waals surface area contributed by atoms with Crippen molar-refractivity contribution in [3.63, 3.8) is 0 Å². The van der Waals surface area contributed by atoms with Crippen LogP contribution in [-0.2, 0) is 28.6 Å². The molecule has 3 aromatic rings. The Labute approximate surface area is 228 Å². The summed E-state index contributed by atoms with van der Waals surface area (Å²) in [6.45, 7) is -0.881. The summed E-state index contributed by atoms with van der Waals surface area (Å²) in [5, 5.41) is 14.3. The maximum atomic E-state index is 15.4. The highest BCUT2D eigenvalue weighted by Gasteiger charge is 2.39. The van der Waals surface area contributed by atoms with E-state index in [1.165, 1.54) is 36.4 Å². The lowest BCUT2D eigenvalue weighted by Gasteiger charge is -2.27. The van der Waals surface area contributed by atoms with Crippen LogP contribution in [0, 0.1) is 10.1 Å². The van der Waals surface area contributed by atoms with Gasteiger partial charge in [0.2, 0.25) is 0 Å². The number of benzene rings is 3. The van der Waals surface area contributed by atoms with Gasteiger partial charge in [-0.1, -0.05) is 41.6 Å². The van der Waals surface area contributed by atoms with Gasteiger partial charge >= 0.3 is 11.9 Å². The molecule has 210 valence electrons. The first-order valence-corrected chi connectivity index (χ1v) is 12.9. The van der Waals surface area contributed by atoms with Gasteiger partial charge in [-0.25, -0.2) is 14.0 Å². The van der Waals surface area contributed by atoms with Gasteiger partial charge in [0.25, 0.3) is 15.8 Å². The summed E-state index contributed by atoms with van der Waals surface area (Å²) in [5.74, 6) is -1.93. The third-order valence-corrected chi connectivity index (χ3v) is 6.57. The molecule has 0 N–H and O–H groups in total.